The van der Waals surface area contributed by atoms with E-state index < -0.39 is 9.84 Å². The van der Waals surface area contributed by atoms with Crippen molar-refractivity contribution >= 4 is 32.9 Å². The van der Waals surface area contributed by atoms with Crippen LogP contribution in [0.1, 0.15) is 36.9 Å². The highest BCUT2D eigenvalue weighted by Crippen LogP contribution is 2.43. The number of nitrogens with zero attached hydrogens (tertiary/aromatic N) is 2. The molecule has 0 amide bonds. The molecule has 0 unspecified atom stereocenters. The fraction of sp³-hybridized carbons (Fsp3) is 0.444. The van der Waals surface area contributed by atoms with Gasteiger partial charge in [0.05, 0.1) is 18.1 Å². The van der Waals surface area contributed by atoms with Crippen LogP contribution in [0.25, 0.3) is 0 Å². The molecule has 8 heteroatoms. The Hall–Kier alpha value is -1.70. The summed E-state index contributed by atoms with van der Waals surface area (Å²) in [6, 6.07) is 7.70. The van der Waals surface area contributed by atoms with Crippen molar-refractivity contribution in [3.8, 4) is 0 Å². The standard InChI is InChI=1S/C18H20ClN3O3S/c19-17-21-14-3-1-10-26(24,25)15(14)16(22-17)20-13-6-4-12(5-7-13)18(11-23)8-2-9-18/h4-7,23H,1-3,8-11H2,(H,20,21,22). The molecule has 138 valence electrons. The number of fused-ring (bicyclic) bond motifs is 1. The Morgan fingerprint density at radius 1 is 1.15 bits per heavy atom. The van der Waals surface area contributed by atoms with Crippen LogP contribution in [-0.4, -0.2) is 35.9 Å². The van der Waals surface area contributed by atoms with E-state index in [1.54, 1.807) is 0 Å². The predicted octanol–water partition coefficient (Wildman–Crippen LogP) is 3.01. The van der Waals surface area contributed by atoms with Crippen LogP contribution in [0.15, 0.2) is 29.2 Å². The first-order chi connectivity index (χ1) is 12.4. The number of rotatable bonds is 4. The average Bonchev–Trinajstić information content (AvgIpc) is 2.54. The summed E-state index contributed by atoms with van der Waals surface area (Å²) in [5, 5.41) is 12.8. The fourth-order valence-corrected chi connectivity index (χ4v) is 5.58. The molecule has 6 nitrogen and oxygen atoms in total. The highest BCUT2D eigenvalue weighted by molar-refractivity contribution is 7.91. The zero-order valence-corrected chi connectivity index (χ0v) is 15.8. The lowest BCUT2D eigenvalue weighted by molar-refractivity contribution is 0.120. The van der Waals surface area contributed by atoms with Gasteiger partial charge in [0, 0.05) is 11.1 Å². The Kier molecular flexibility index (Phi) is 4.41. The molecule has 1 aliphatic carbocycles. The molecule has 1 fully saturated rings. The van der Waals surface area contributed by atoms with Crippen LogP contribution in [0.5, 0.6) is 0 Å². The summed E-state index contributed by atoms with van der Waals surface area (Å²) in [6.45, 7) is 0.146. The van der Waals surface area contributed by atoms with Gasteiger partial charge in [0.1, 0.15) is 4.90 Å². The number of anilines is 2. The van der Waals surface area contributed by atoms with E-state index in [0.29, 0.717) is 18.5 Å². The van der Waals surface area contributed by atoms with E-state index in [0.717, 1.165) is 30.5 Å². The lowest BCUT2D eigenvalue weighted by Crippen LogP contribution is -2.37. The van der Waals surface area contributed by atoms with Crippen molar-refractivity contribution < 1.29 is 13.5 Å². The van der Waals surface area contributed by atoms with Crippen LogP contribution < -0.4 is 5.32 Å². The van der Waals surface area contributed by atoms with Gasteiger partial charge in [-0.25, -0.2) is 13.4 Å². The fourth-order valence-electron chi connectivity index (χ4n) is 3.76. The molecule has 0 radical (unpaired) electrons. The van der Waals surface area contributed by atoms with Crippen molar-refractivity contribution in [1.82, 2.24) is 9.97 Å². The number of sulfone groups is 1. The summed E-state index contributed by atoms with van der Waals surface area (Å²) < 4.78 is 25.0. The second kappa shape index (κ2) is 6.48. The first-order valence-electron chi connectivity index (χ1n) is 8.71. The van der Waals surface area contributed by atoms with Crippen molar-refractivity contribution in [2.75, 3.05) is 17.7 Å². The third-order valence-electron chi connectivity index (χ3n) is 5.42. The average molecular weight is 394 g/mol. The minimum Gasteiger partial charge on any atom is -0.395 e. The topological polar surface area (TPSA) is 92.2 Å². The molecule has 0 bridgehead atoms. The summed E-state index contributed by atoms with van der Waals surface area (Å²) in [6.07, 6.45) is 4.22. The maximum Gasteiger partial charge on any atom is 0.224 e. The lowest BCUT2D eigenvalue weighted by atomic mass is 9.65. The van der Waals surface area contributed by atoms with Gasteiger partial charge in [-0.05, 0) is 55.0 Å². The molecular weight excluding hydrogens is 374 g/mol. The second-order valence-electron chi connectivity index (χ2n) is 7.03. The van der Waals surface area contributed by atoms with Crippen LogP contribution in [0, 0.1) is 0 Å². The van der Waals surface area contributed by atoms with E-state index in [1.807, 2.05) is 24.3 Å². The monoisotopic (exact) mass is 393 g/mol. The van der Waals surface area contributed by atoms with Crippen molar-refractivity contribution in [2.45, 2.75) is 42.4 Å². The van der Waals surface area contributed by atoms with Gasteiger partial charge >= 0.3 is 0 Å². The highest BCUT2D eigenvalue weighted by atomic mass is 35.5. The highest BCUT2D eigenvalue weighted by Gasteiger charge is 2.38. The minimum atomic E-state index is -3.42. The van der Waals surface area contributed by atoms with Gasteiger partial charge in [0.15, 0.2) is 15.7 Å². The molecule has 2 N–H and O–H groups in total. The van der Waals surface area contributed by atoms with Gasteiger partial charge in [-0.3, -0.25) is 0 Å². The predicted molar refractivity (Wildman–Crippen MR) is 99.8 cm³/mol. The zero-order chi connectivity index (χ0) is 18.4. The number of aromatic nitrogens is 2. The third-order valence-corrected chi connectivity index (χ3v) is 7.47. The van der Waals surface area contributed by atoms with Crippen molar-refractivity contribution in [3.63, 3.8) is 0 Å². The normalized spacial score (nSPS) is 20.1. The molecular formula is C18H20ClN3O3S. The number of nitrogens with one attached hydrogen (secondary N) is 1. The van der Waals surface area contributed by atoms with Gasteiger partial charge in [-0.1, -0.05) is 18.6 Å². The van der Waals surface area contributed by atoms with E-state index >= 15 is 0 Å². The van der Waals surface area contributed by atoms with Crippen LogP contribution in [-0.2, 0) is 21.7 Å². The molecule has 2 aliphatic rings. The number of aliphatic hydroxyl groups excluding tert-OH is 1. The smallest absolute Gasteiger partial charge is 0.224 e. The van der Waals surface area contributed by atoms with E-state index in [9.17, 15) is 13.5 Å². The Morgan fingerprint density at radius 2 is 1.88 bits per heavy atom. The summed E-state index contributed by atoms with van der Waals surface area (Å²) in [4.78, 5) is 8.37. The molecule has 0 atom stereocenters. The summed E-state index contributed by atoms with van der Waals surface area (Å²) in [7, 11) is -3.42. The van der Waals surface area contributed by atoms with Gasteiger partial charge in [0.2, 0.25) is 5.28 Å². The molecule has 0 spiro atoms. The molecule has 2 aromatic rings. The number of benzene rings is 1. The summed E-state index contributed by atoms with van der Waals surface area (Å²) >= 11 is 5.99. The molecule has 1 aliphatic heterocycles. The first-order valence-corrected chi connectivity index (χ1v) is 10.7. The zero-order valence-electron chi connectivity index (χ0n) is 14.2. The minimum absolute atomic E-state index is 0.0358. The second-order valence-corrected chi connectivity index (χ2v) is 9.42. The maximum absolute atomic E-state index is 12.5. The molecule has 0 saturated heterocycles. The molecule has 26 heavy (non-hydrogen) atoms. The Morgan fingerprint density at radius 3 is 2.50 bits per heavy atom. The van der Waals surface area contributed by atoms with Crippen molar-refractivity contribution in [3.05, 3.63) is 40.8 Å². The van der Waals surface area contributed by atoms with Crippen LogP contribution in [0.3, 0.4) is 0 Å². The maximum atomic E-state index is 12.5. The van der Waals surface area contributed by atoms with Gasteiger partial charge in [-0.2, -0.15) is 4.98 Å². The largest absolute Gasteiger partial charge is 0.395 e. The van der Waals surface area contributed by atoms with Gasteiger partial charge < -0.3 is 10.4 Å². The summed E-state index contributed by atoms with van der Waals surface area (Å²) in [5.41, 5.74) is 2.18. The summed E-state index contributed by atoms with van der Waals surface area (Å²) in [5.74, 6) is 0.324. The molecule has 4 rings (SSSR count). The molecule has 2 heterocycles. The number of aryl methyl sites for hydroxylation is 1. The SMILES string of the molecule is O=S1(=O)CCCc2nc(Cl)nc(Nc3ccc(C4(CO)CCC4)cc3)c21. The van der Waals surface area contributed by atoms with Gasteiger partial charge in [-0.15, -0.1) is 0 Å². The van der Waals surface area contributed by atoms with Crippen LogP contribution in [0.4, 0.5) is 11.5 Å². The van der Waals surface area contributed by atoms with Crippen LogP contribution >= 0.6 is 11.6 Å². The van der Waals surface area contributed by atoms with E-state index in [2.05, 4.69) is 15.3 Å². The molecule has 1 aromatic carbocycles. The molecule has 1 saturated carbocycles. The quantitative estimate of drug-likeness (QED) is 0.776. The van der Waals surface area contributed by atoms with Crippen LogP contribution in [0.2, 0.25) is 5.28 Å². The van der Waals surface area contributed by atoms with Gasteiger partial charge in [0.25, 0.3) is 0 Å². The Balaban J connectivity index is 1.67. The third kappa shape index (κ3) is 2.98. The van der Waals surface area contributed by atoms with Crippen molar-refractivity contribution in [1.29, 1.82) is 0 Å². The Labute approximate surface area is 157 Å². The number of hydrogen-bond acceptors (Lipinski definition) is 6. The lowest BCUT2D eigenvalue weighted by Gasteiger charge is -2.40. The first kappa shape index (κ1) is 17.7. The number of aliphatic hydroxyl groups is 1. The number of halogens is 1. The van der Waals surface area contributed by atoms with E-state index in [1.165, 1.54) is 0 Å². The van der Waals surface area contributed by atoms with Crippen molar-refractivity contribution in [2.24, 2.45) is 0 Å². The number of hydrogen-bond donors (Lipinski definition) is 2. The van der Waals surface area contributed by atoms with E-state index in [4.69, 9.17) is 11.6 Å². The van der Waals surface area contributed by atoms with E-state index in [-0.39, 0.29) is 33.8 Å². The molecule has 1 aromatic heterocycles. The Bertz CT molecular complexity index is 935.